The van der Waals surface area contributed by atoms with E-state index in [1.165, 1.54) is 12.1 Å². The van der Waals surface area contributed by atoms with Crippen molar-refractivity contribution < 1.29 is 9.18 Å². The van der Waals surface area contributed by atoms with Crippen molar-refractivity contribution in [2.24, 2.45) is 0 Å². The van der Waals surface area contributed by atoms with Crippen LogP contribution in [0, 0.1) is 5.82 Å². The summed E-state index contributed by atoms with van der Waals surface area (Å²) in [4.78, 5) is 13.1. The van der Waals surface area contributed by atoms with Gasteiger partial charge in [0.2, 0.25) is 0 Å². The van der Waals surface area contributed by atoms with Gasteiger partial charge < -0.3 is 0 Å². The van der Waals surface area contributed by atoms with E-state index in [1.807, 2.05) is 60.7 Å². The van der Waals surface area contributed by atoms with Crippen LogP contribution in [0.25, 0.3) is 33.3 Å². The topological polar surface area (TPSA) is 22.0 Å². The van der Waals surface area contributed by atoms with Gasteiger partial charge in [0.25, 0.3) is 5.91 Å². The van der Waals surface area contributed by atoms with Gasteiger partial charge in [-0.15, -0.1) is 0 Å². The third-order valence-corrected chi connectivity index (χ3v) is 4.61. The molecule has 0 fully saturated rings. The summed E-state index contributed by atoms with van der Waals surface area (Å²) in [6.07, 6.45) is 0. The highest BCUT2D eigenvalue weighted by Crippen LogP contribution is 2.41. The zero-order valence-electron chi connectivity index (χ0n) is 14.9. The lowest BCUT2D eigenvalue weighted by Crippen LogP contribution is -2.12. The summed E-state index contributed by atoms with van der Waals surface area (Å²) in [5.41, 5.74) is 4.50. The molecule has 132 valence electrons. The Morgan fingerprint density at radius 3 is 2.07 bits per heavy atom. The first-order valence-corrected chi connectivity index (χ1v) is 8.73. The zero-order chi connectivity index (χ0) is 19.0. The van der Waals surface area contributed by atoms with Crippen LogP contribution in [0.4, 0.5) is 4.39 Å². The molecule has 0 saturated carbocycles. The van der Waals surface area contributed by atoms with Crippen LogP contribution in [0.15, 0.2) is 91.0 Å². The van der Waals surface area contributed by atoms with Crippen LogP contribution < -0.4 is 0 Å². The van der Waals surface area contributed by atoms with Crippen molar-refractivity contribution in [2.45, 2.75) is 6.92 Å². The van der Waals surface area contributed by atoms with E-state index in [0.29, 0.717) is 16.5 Å². The van der Waals surface area contributed by atoms with E-state index in [1.54, 1.807) is 17.6 Å². The molecular formula is C24H18FNO. The lowest BCUT2D eigenvalue weighted by molar-refractivity contribution is 0.0962. The van der Waals surface area contributed by atoms with Crippen LogP contribution >= 0.6 is 0 Å². The van der Waals surface area contributed by atoms with Crippen molar-refractivity contribution in [3.8, 4) is 22.4 Å². The van der Waals surface area contributed by atoms with E-state index in [2.05, 4.69) is 6.58 Å². The van der Waals surface area contributed by atoms with Crippen LogP contribution in [-0.2, 0) is 0 Å². The van der Waals surface area contributed by atoms with Gasteiger partial charge in [0.1, 0.15) is 5.82 Å². The van der Waals surface area contributed by atoms with Gasteiger partial charge in [0, 0.05) is 16.5 Å². The Kier molecular flexibility index (Phi) is 4.21. The highest BCUT2D eigenvalue weighted by molar-refractivity contribution is 6.12. The summed E-state index contributed by atoms with van der Waals surface area (Å²) < 4.78 is 15.8. The fourth-order valence-corrected chi connectivity index (χ4v) is 3.43. The predicted octanol–water partition coefficient (Wildman–Crippen LogP) is 6.33. The molecule has 0 aliphatic carbocycles. The monoisotopic (exact) mass is 355 g/mol. The van der Waals surface area contributed by atoms with E-state index >= 15 is 0 Å². The Labute approximate surface area is 157 Å². The van der Waals surface area contributed by atoms with Gasteiger partial charge in [-0.25, -0.2) is 4.39 Å². The van der Waals surface area contributed by atoms with Gasteiger partial charge in [0.15, 0.2) is 0 Å². The van der Waals surface area contributed by atoms with Gasteiger partial charge in [-0.2, -0.15) is 0 Å². The lowest BCUT2D eigenvalue weighted by atomic mass is 9.98. The van der Waals surface area contributed by atoms with Crippen molar-refractivity contribution in [3.63, 3.8) is 0 Å². The second kappa shape index (κ2) is 6.69. The maximum atomic E-state index is 14.1. The third kappa shape index (κ3) is 2.87. The van der Waals surface area contributed by atoms with E-state index in [4.69, 9.17) is 0 Å². The maximum absolute atomic E-state index is 14.1. The maximum Gasteiger partial charge on any atom is 0.257 e. The second-order valence-corrected chi connectivity index (χ2v) is 6.54. The first-order chi connectivity index (χ1) is 13.1. The molecule has 4 rings (SSSR count). The number of fused-ring (bicyclic) bond motifs is 1. The van der Waals surface area contributed by atoms with Crippen molar-refractivity contribution in [3.05, 3.63) is 96.8 Å². The number of aromatic nitrogens is 1. The quantitative estimate of drug-likeness (QED) is 0.394. The summed E-state index contributed by atoms with van der Waals surface area (Å²) in [5, 5.41) is 0.703. The largest absolute Gasteiger partial charge is 0.275 e. The molecule has 0 radical (unpaired) electrons. The summed E-state index contributed by atoms with van der Waals surface area (Å²) >= 11 is 0. The van der Waals surface area contributed by atoms with Crippen molar-refractivity contribution in [2.75, 3.05) is 0 Å². The van der Waals surface area contributed by atoms with Gasteiger partial charge in [0.05, 0.1) is 11.2 Å². The summed E-state index contributed by atoms with van der Waals surface area (Å²) in [7, 11) is 0. The molecule has 2 nitrogen and oxygen atoms in total. The minimum absolute atomic E-state index is 0.201. The number of carbonyl (C=O) groups excluding carboxylic acids is 1. The standard InChI is InChI=1S/C24H18FNO/c1-16(2)24(27)26-21-14-13-19(25)15-20(21)22(17-9-5-3-6-10-17)23(26)18-11-7-4-8-12-18/h3-15H,1H2,2H3. The number of benzene rings is 3. The minimum atomic E-state index is -0.334. The molecule has 3 heteroatoms. The molecule has 0 aliphatic rings. The number of nitrogens with zero attached hydrogens (tertiary/aromatic N) is 1. The first kappa shape index (κ1) is 17.0. The summed E-state index contributed by atoms with van der Waals surface area (Å²) in [6.45, 7) is 5.52. The number of hydrogen-bond acceptors (Lipinski definition) is 1. The van der Waals surface area contributed by atoms with Gasteiger partial charge in [-0.3, -0.25) is 9.36 Å². The Bertz CT molecular complexity index is 1160. The van der Waals surface area contributed by atoms with Crippen molar-refractivity contribution in [1.29, 1.82) is 0 Å². The minimum Gasteiger partial charge on any atom is -0.275 e. The smallest absolute Gasteiger partial charge is 0.257 e. The second-order valence-electron chi connectivity index (χ2n) is 6.54. The van der Waals surface area contributed by atoms with E-state index in [0.717, 1.165) is 22.4 Å². The average Bonchev–Trinajstić information content (AvgIpc) is 3.02. The Morgan fingerprint density at radius 1 is 0.889 bits per heavy atom. The van der Waals surface area contributed by atoms with Crippen LogP contribution in [0.5, 0.6) is 0 Å². The first-order valence-electron chi connectivity index (χ1n) is 8.73. The number of rotatable bonds is 3. The lowest BCUT2D eigenvalue weighted by Gasteiger charge is -2.12. The van der Waals surface area contributed by atoms with Gasteiger partial charge in [-0.05, 0) is 36.2 Å². The van der Waals surface area contributed by atoms with Crippen LogP contribution in [0.2, 0.25) is 0 Å². The van der Waals surface area contributed by atoms with Crippen LogP contribution in [0.3, 0.4) is 0 Å². The van der Waals surface area contributed by atoms with Crippen molar-refractivity contribution >= 4 is 16.8 Å². The molecule has 0 saturated heterocycles. The molecule has 0 atom stereocenters. The molecule has 0 spiro atoms. The van der Waals surface area contributed by atoms with E-state index < -0.39 is 0 Å². The molecule has 3 aromatic carbocycles. The summed E-state index contributed by atoms with van der Waals surface area (Å²) in [5.74, 6) is -0.535. The molecule has 0 unspecified atom stereocenters. The van der Waals surface area contributed by atoms with E-state index in [9.17, 15) is 9.18 Å². The SMILES string of the molecule is C=C(C)C(=O)n1c(-c2ccccc2)c(-c2ccccc2)c2cc(F)ccc21. The Hall–Kier alpha value is -3.46. The number of allylic oxidation sites excluding steroid dienone is 1. The van der Waals surface area contributed by atoms with Crippen molar-refractivity contribution in [1.82, 2.24) is 4.57 Å². The molecule has 0 amide bonds. The molecule has 0 bridgehead atoms. The highest BCUT2D eigenvalue weighted by Gasteiger charge is 2.24. The van der Waals surface area contributed by atoms with Crippen LogP contribution in [0.1, 0.15) is 11.7 Å². The van der Waals surface area contributed by atoms with Crippen LogP contribution in [-0.4, -0.2) is 10.5 Å². The average molecular weight is 355 g/mol. The molecule has 1 aromatic heterocycles. The van der Waals surface area contributed by atoms with E-state index in [-0.39, 0.29) is 11.7 Å². The molecule has 1 heterocycles. The molecule has 0 N–H and O–H groups in total. The highest BCUT2D eigenvalue weighted by atomic mass is 19.1. The zero-order valence-corrected chi connectivity index (χ0v) is 14.9. The Balaban J connectivity index is 2.21. The predicted molar refractivity (Wildman–Crippen MR) is 108 cm³/mol. The molecule has 27 heavy (non-hydrogen) atoms. The number of carbonyl (C=O) groups is 1. The van der Waals surface area contributed by atoms with Gasteiger partial charge >= 0.3 is 0 Å². The molecule has 0 aliphatic heterocycles. The summed E-state index contributed by atoms with van der Waals surface area (Å²) in [6, 6.07) is 24.0. The fourth-order valence-electron chi connectivity index (χ4n) is 3.43. The number of halogens is 1. The Morgan fingerprint density at radius 2 is 1.48 bits per heavy atom. The molecular weight excluding hydrogens is 337 g/mol. The normalized spacial score (nSPS) is 10.9. The number of hydrogen-bond donors (Lipinski definition) is 0. The van der Waals surface area contributed by atoms with Gasteiger partial charge in [-0.1, -0.05) is 67.2 Å². The molecule has 4 aromatic rings. The fraction of sp³-hybridized carbons (Fsp3) is 0.0417. The third-order valence-electron chi connectivity index (χ3n) is 4.61.